The van der Waals surface area contributed by atoms with Crippen molar-refractivity contribution in [1.29, 1.82) is 0 Å². The molecule has 0 aliphatic heterocycles. The first-order valence-corrected chi connectivity index (χ1v) is 9.81. The lowest BCUT2D eigenvalue weighted by atomic mass is 10.2. The lowest BCUT2D eigenvalue weighted by Crippen LogP contribution is -2.37. The van der Waals surface area contributed by atoms with Gasteiger partial charge in [0.2, 0.25) is 5.75 Å². The summed E-state index contributed by atoms with van der Waals surface area (Å²) < 4.78 is 38.2. The summed E-state index contributed by atoms with van der Waals surface area (Å²) in [6, 6.07) is 3.70. The zero-order chi connectivity index (χ0) is 18.9. The van der Waals surface area contributed by atoms with Crippen molar-refractivity contribution in [2.75, 3.05) is 46.9 Å². The first kappa shape index (κ1) is 24.6. The van der Waals surface area contributed by atoms with Gasteiger partial charge < -0.3 is 24.8 Å². The van der Waals surface area contributed by atoms with Crippen molar-refractivity contribution >= 4 is 39.8 Å². The summed E-state index contributed by atoms with van der Waals surface area (Å²) in [4.78, 5) is 4.11. The fraction of sp³-hybridized carbons (Fsp3) is 0.562. The molecule has 0 heterocycles. The zero-order valence-corrected chi connectivity index (χ0v) is 18.9. The van der Waals surface area contributed by atoms with E-state index in [0.717, 1.165) is 5.56 Å². The number of hydrogen-bond acceptors (Lipinski definition) is 6. The van der Waals surface area contributed by atoms with Gasteiger partial charge in [-0.05, 0) is 24.1 Å². The van der Waals surface area contributed by atoms with Gasteiger partial charge in [0.1, 0.15) is 9.84 Å². The summed E-state index contributed by atoms with van der Waals surface area (Å²) in [5.41, 5.74) is 0.925. The molecule has 2 N–H and O–H groups in total. The number of sulfone groups is 1. The third-order valence-corrected chi connectivity index (χ3v) is 4.42. The summed E-state index contributed by atoms with van der Waals surface area (Å²) in [5.74, 6) is 2.42. The number of hydrogen-bond donors (Lipinski definition) is 2. The van der Waals surface area contributed by atoms with Gasteiger partial charge in [0.15, 0.2) is 17.5 Å². The zero-order valence-electron chi connectivity index (χ0n) is 15.8. The number of nitrogens with zero attached hydrogens (tertiary/aromatic N) is 1. The monoisotopic (exact) mass is 501 g/mol. The van der Waals surface area contributed by atoms with Gasteiger partial charge in [-0.3, -0.25) is 4.99 Å². The SMILES string of the molecule is CN=C(NCCCS(C)(=O)=O)NCc1cc(OC)c(OC)c(OC)c1.I. The molecule has 0 amide bonds. The van der Waals surface area contributed by atoms with E-state index < -0.39 is 9.84 Å². The van der Waals surface area contributed by atoms with E-state index in [1.165, 1.54) is 6.26 Å². The van der Waals surface area contributed by atoms with Crippen LogP contribution < -0.4 is 24.8 Å². The number of nitrogens with one attached hydrogen (secondary N) is 2. The third kappa shape index (κ3) is 8.30. The van der Waals surface area contributed by atoms with Crippen molar-refractivity contribution in [3.63, 3.8) is 0 Å². The highest BCUT2D eigenvalue weighted by atomic mass is 127. The van der Waals surface area contributed by atoms with Crippen LogP contribution in [0.15, 0.2) is 17.1 Å². The molecule has 26 heavy (non-hydrogen) atoms. The second-order valence-electron chi connectivity index (χ2n) is 5.37. The van der Waals surface area contributed by atoms with Crippen molar-refractivity contribution in [2.24, 2.45) is 4.99 Å². The molecular weight excluding hydrogens is 473 g/mol. The van der Waals surface area contributed by atoms with Crippen LogP contribution in [0.2, 0.25) is 0 Å². The Balaban J connectivity index is 0.00000625. The van der Waals surface area contributed by atoms with Crippen LogP contribution in [0.4, 0.5) is 0 Å². The van der Waals surface area contributed by atoms with Crippen LogP contribution >= 0.6 is 24.0 Å². The molecule has 0 saturated heterocycles. The van der Waals surface area contributed by atoms with E-state index in [1.54, 1.807) is 28.4 Å². The Bertz CT molecular complexity index is 670. The predicted octanol–water partition coefficient (Wildman–Crippen LogP) is 1.43. The van der Waals surface area contributed by atoms with E-state index in [4.69, 9.17) is 14.2 Å². The Morgan fingerprint density at radius 2 is 1.65 bits per heavy atom. The molecule has 0 saturated carbocycles. The van der Waals surface area contributed by atoms with Gasteiger partial charge in [-0.2, -0.15) is 0 Å². The predicted molar refractivity (Wildman–Crippen MR) is 114 cm³/mol. The number of rotatable bonds is 9. The first-order chi connectivity index (χ1) is 11.8. The highest BCUT2D eigenvalue weighted by molar-refractivity contribution is 14.0. The number of aliphatic imine (C=N–C) groups is 1. The quantitative estimate of drug-likeness (QED) is 0.229. The Morgan fingerprint density at radius 3 is 2.08 bits per heavy atom. The molecule has 1 rings (SSSR count). The van der Waals surface area contributed by atoms with E-state index in [-0.39, 0.29) is 29.7 Å². The van der Waals surface area contributed by atoms with Gasteiger partial charge in [0.05, 0.1) is 27.1 Å². The maximum Gasteiger partial charge on any atom is 0.203 e. The van der Waals surface area contributed by atoms with Gasteiger partial charge in [-0.1, -0.05) is 0 Å². The van der Waals surface area contributed by atoms with Gasteiger partial charge in [0.25, 0.3) is 0 Å². The molecule has 1 aromatic carbocycles. The molecule has 0 atom stereocenters. The van der Waals surface area contributed by atoms with Crippen molar-refractivity contribution in [3.05, 3.63) is 17.7 Å². The smallest absolute Gasteiger partial charge is 0.203 e. The van der Waals surface area contributed by atoms with Gasteiger partial charge in [0, 0.05) is 26.4 Å². The summed E-state index contributed by atoms with van der Waals surface area (Å²) >= 11 is 0. The number of ether oxygens (including phenoxy) is 3. The van der Waals surface area contributed by atoms with E-state index in [2.05, 4.69) is 15.6 Å². The highest BCUT2D eigenvalue weighted by Gasteiger charge is 2.13. The first-order valence-electron chi connectivity index (χ1n) is 7.75. The van der Waals surface area contributed by atoms with E-state index >= 15 is 0 Å². The lowest BCUT2D eigenvalue weighted by molar-refractivity contribution is 0.323. The molecule has 150 valence electrons. The number of halogens is 1. The summed E-state index contributed by atoms with van der Waals surface area (Å²) in [6.07, 6.45) is 1.74. The molecule has 0 aromatic heterocycles. The Kier molecular flexibility index (Phi) is 11.4. The van der Waals surface area contributed by atoms with Crippen LogP contribution in [-0.4, -0.2) is 61.3 Å². The maximum atomic E-state index is 11.1. The van der Waals surface area contributed by atoms with Crippen LogP contribution in [-0.2, 0) is 16.4 Å². The molecule has 0 bridgehead atoms. The molecule has 10 heteroatoms. The molecule has 8 nitrogen and oxygen atoms in total. The minimum absolute atomic E-state index is 0. The second kappa shape index (κ2) is 12.0. The van der Waals surface area contributed by atoms with Crippen molar-refractivity contribution in [1.82, 2.24) is 10.6 Å². The average molecular weight is 501 g/mol. The number of guanidine groups is 1. The summed E-state index contributed by atoms with van der Waals surface area (Å²) in [7, 11) is 3.40. The normalized spacial score (nSPS) is 11.3. The number of methoxy groups -OCH3 is 3. The highest BCUT2D eigenvalue weighted by Crippen LogP contribution is 2.38. The van der Waals surface area contributed by atoms with Crippen LogP contribution in [0.25, 0.3) is 0 Å². The van der Waals surface area contributed by atoms with Gasteiger partial charge in [-0.25, -0.2) is 8.42 Å². The van der Waals surface area contributed by atoms with Gasteiger partial charge in [-0.15, -0.1) is 24.0 Å². The molecule has 0 unspecified atom stereocenters. The summed E-state index contributed by atoms with van der Waals surface area (Å²) in [6.45, 7) is 1.00. The van der Waals surface area contributed by atoms with Crippen LogP contribution in [0, 0.1) is 0 Å². The largest absolute Gasteiger partial charge is 0.493 e. The molecule has 0 aliphatic carbocycles. The molecule has 0 spiro atoms. The van der Waals surface area contributed by atoms with E-state index in [0.29, 0.717) is 42.7 Å². The average Bonchev–Trinajstić information content (AvgIpc) is 2.59. The Labute approximate surface area is 172 Å². The Hall–Kier alpha value is -1.43. The van der Waals surface area contributed by atoms with Crippen LogP contribution in [0.5, 0.6) is 17.2 Å². The standard InChI is InChI=1S/C16H27N3O5S.HI/c1-17-16(18-7-6-8-25(5,20)21)19-11-12-9-13(22-2)15(24-4)14(10-12)23-3;/h9-10H,6-8,11H2,1-5H3,(H2,17,18,19);1H. The van der Waals surface area contributed by atoms with Crippen molar-refractivity contribution < 1.29 is 22.6 Å². The molecule has 0 radical (unpaired) electrons. The van der Waals surface area contributed by atoms with E-state index in [1.807, 2.05) is 12.1 Å². The van der Waals surface area contributed by atoms with E-state index in [9.17, 15) is 8.42 Å². The molecule has 0 fully saturated rings. The molecular formula is C16H28IN3O5S. The third-order valence-electron chi connectivity index (χ3n) is 3.39. The van der Waals surface area contributed by atoms with Crippen LogP contribution in [0.3, 0.4) is 0 Å². The van der Waals surface area contributed by atoms with Crippen molar-refractivity contribution in [2.45, 2.75) is 13.0 Å². The summed E-state index contributed by atoms with van der Waals surface area (Å²) in [5, 5.41) is 6.24. The van der Waals surface area contributed by atoms with Crippen molar-refractivity contribution in [3.8, 4) is 17.2 Å². The molecule has 0 aliphatic rings. The maximum absolute atomic E-state index is 11.1. The fourth-order valence-corrected chi connectivity index (χ4v) is 2.85. The minimum Gasteiger partial charge on any atom is -0.493 e. The number of benzene rings is 1. The Morgan fingerprint density at radius 1 is 1.08 bits per heavy atom. The minimum atomic E-state index is -2.95. The second-order valence-corrected chi connectivity index (χ2v) is 7.63. The topological polar surface area (TPSA) is 98.3 Å². The van der Waals surface area contributed by atoms with Gasteiger partial charge >= 0.3 is 0 Å². The lowest BCUT2D eigenvalue weighted by Gasteiger charge is -2.16. The van der Waals surface area contributed by atoms with Crippen LogP contribution in [0.1, 0.15) is 12.0 Å². The molecule has 1 aromatic rings. The fourth-order valence-electron chi connectivity index (χ4n) is 2.18.